The fourth-order valence-corrected chi connectivity index (χ4v) is 3.52. The van der Waals surface area contributed by atoms with Crippen LogP contribution in [0.4, 0.5) is 11.4 Å². The molecule has 2 aliphatic heterocycles. The van der Waals surface area contributed by atoms with E-state index in [-0.39, 0.29) is 5.91 Å². The Morgan fingerprint density at radius 2 is 1.62 bits per heavy atom. The van der Waals surface area contributed by atoms with Crippen molar-refractivity contribution >= 4 is 17.3 Å². The minimum Gasteiger partial charge on any atom is -0.378 e. The van der Waals surface area contributed by atoms with Crippen molar-refractivity contribution in [1.29, 1.82) is 0 Å². The Labute approximate surface area is 145 Å². The number of morpholine rings is 1. The van der Waals surface area contributed by atoms with Gasteiger partial charge in [-0.15, -0.1) is 0 Å². The lowest BCUT2D eigenvalue weighted by atomic mass is 10.1. The van der Waals surface area contributed by atoms with Gasteiger partial charge in [0.15, 0.2) is 0 Å². The van der Waals surface area contributed by atoms with Crippen molar-refractivity contribution in [1.82, 2.24) is 4.90 Å². The third-order valence-electron chi connectivity index (χ3n) is 4.85. The van der Waals surface area contributed by atoms with Crippen LogP contribution in [0.1, 0.15) is 32.1 Å². The van der Waals surface area contributed by atoms with Gasteiger partial charge >= 0.3 is 0 Å². The van der Waals surface area contributed by atoms with Crippen LogP contribution in [0.25, 0.3) is 0 Å². The lowest BCUT2D eigenvalue weighted by Gasteiger charge is -2.30. The molecule has 1 amide bonds. The van der Waals surface area contributed by atoms with E-state index >= 15 is 0 Å². The number of anilines is 2. The molecule has 0 radical (unpaired) electrons. The van der Waals surface area contributed by atoms with Crippen LogP contribution >= 0.6 is 0 Å². The Balaban J connectivity index is 1.59. The molecule has 2 fully saturated rings. The van der Waals surface area contributed by atoms with Crippen LogP contribution in [0.2, 0.25) is 0 Å². The predicted octanol–water partition coefficient (Wildman–Crippen LogP) is 2.73. The second-order valence-corrected chi connectivity index (χ2v) is 6.71. The van der Waals surface area contributed by atoms with Crippen molar-refractivity contribution in [2.45, 2.75) is 32.1 Å². The fraction of sp³-hybridized carbons (Fsp3) is 0.632. The van der Waals surface area contributed by atoms with Crippen molar-refractivity contribution in [2.24, 2.45) is 0 Å². The molecule has 2 heterocycles. The van der Waals surface area contributed by atoms with E-state index in [1.54, 1.807) is 0 Å². The first kappa shape index (κ1) is 17.2. The lowest BCUT2D eigenvalue weighted by molar-refractivity contribution is -0.117. The molecule has 132 valence electrons. The topological polar surface area (TPSA) is 44.8 Å². The van der Waals surface area contributed by atoms with Crippen LogP contribution in [0.3, 0.4) is 0 Å². The van der Waals surface area contributed by atoms with Crippen LogP contribution in [0.15, 0.2) is 24.3 Å². The van der Waals surface area contributed by atoms with E-state index in [1.807, 2.05) is 18.2 Å². The van der Waals surface area contributed by atoms with Crippen molar-refractivity contribution in [3.05, 3.63) is 24.3 Å². The highest BCUT2D eigenvalue weighted by Gasteiger charge is 2.17. The second kappa shape index (κ2) is 9.04. The molecule has 0 saturated carbocycles. The summed E-state index contributed by atoms with van der Waals surface area (Å²) in [7, 11) is 0. The number of likely N-dealkylation sites (tertiary alicyclic amines) is 1. The molecule has 0 aromatic heterocycles. The number of hydrogen-bond donors (Lipinski definition) is 1. The molecule has 24 heavy (non-hydrogen) atoms. The highest BCUT2D eigenvalue weighted by molar-refractivity contribution is 5.95. The van der Waals surface area contributed by atoms with Crippen molar-refractivity contribution in [2.75, 3.05) is 56.2 Å². The number of ether oxygens (including phenoxy) is 1. The van der Waals surface area contributed by atoms with E-state index in [0.29, 0.717) is 6.54 Å². The van der Waals surface area contributed by atoms with Crippen molar-refractivity contribution < 1.29 is 9.53 Å². The maximum Gasteiger partial charge on any atom is 0.238 e. The smallest absolute Gasteiger partial charge is 0.238 e. The lowest BCUT2D eigenvalue weighted by Crippen LogP contribution is -2.38. The number of rotatable bonds is 4. The van der Waals surface area contributed by atoms with Gasteiger partial charge in [0.05, 0.1) is 31.1 Å². The van der Waals surface area contributed by atoms with Gasteiger partial charge in [-0.2, -0.15) is 0 Å². The van der Waals surface area contributed by atoms with Crippen LogP contribution in [-0.2, 0) is 9.53 Å². The summed E-state index contributed by atoms with van der Waals surface area (Å²) in [6, 6.07) is 8.08. The summed E-state index contributed by atoms with van der Waals surface area (Å²) in [6.07, 6.45) is 6.33. The number of nitrogens with one attached hydrogen (secondary N) is 1. The molecule has 1 aromatic rings. The highest BCUT2D eigenvalue weighted by Crippen LogP contribution is 2.26. The molecular weight excluding hydrogens is 302 g/mol. The van der Waals surface area contributed by atoms with Gasteiger partial charge in [0, 0.05) is 13.1 Å². The quantitative estimate of drug-likeness (QED) is 0.921. The van der Waals surface area contributed by atoms with Gasteiger partial charge in [-0.3, -0.25) is 9.69 Å². The maximum absolute atomic E-state index is 12.5. The van der Waals surface area contributed by atoms with Crippen LogP contribution in [-0.4, -0.2) is 56.7 Å². The number of carbonyl (C=O) groups is 1. The molecule has 0 bridgehead atoms. The van der Waals surface area contributed by atoms with E-state index in [9.17, 15) is 4.79 Å². The first-order valence-corrected chi connectivity index (χ1v) is 9.27. The normalized spacial score (nSPS) is 20.2. The Kier molecular flexibility index (Phi) is 6.49. The molecule has 1 aromatic carbocycles. The zero-order chi connectivity index (χ0) is 16.6. The van der Waals surface area contributed by atoms with Gasteiger partial charge in [0.2, 0.25) is 5.91 Å². The minimum atomic E-state index is 0.0938. The average molecular weight is 331 g/mol. The van der Waals surface area contributed by atoms with Gasteiger partial charge in [-0.1, -0.05) is 31.4 Å². The number of para-hydroxylation sites is 2. The van der Waals surface area contributed by atoms with Crippen molar-refractivity contribution in [3.63, 3.8) is 0 Å². The van der Waals surface area contributed by atoms with Gasteiger partial charge in [-0.25, -0.2) is 0 Å². The largest absolute Gasteiger partial charge is 0.378 e. The Morgan fingerprint density at radius 1 is 0.958 bits per heavy atom. The molecule has 2 saturated heterocycles. The third-order valence-corrected chi connectivity index (χ3v) is 4.85. The molecule has 5 heteroatoms. The molecule has 1 N–H and O–H groups in total. The summed E-state index contributed by atoms with van der Waals surface area (Å²) in [5.41, 5.74) is 2.01. The Bertz CT molecular complexity index is 521. The number of amides is 1. The SMILES string of the molecule is O=C(CN1CCCCCCC1)Nc1ccccc1N1CCOCC1. The predicted molar refractivity (Wildman–Crippen MR) is 97.6 cm³/mol. The summed E-state index contributed by atoms with van der Waals surface area (Å²) in [6.45, 7) is 5.82. The number of benzene rings is 1. The second-order valence-electron chi connectivity index (χ2n) is 6.71. The van der Waals surface area contributed by atoms with E-state index in [2.05, 4.69) is 21.2 Å². The summed E-state index contributed by atoms with van der Waals surface area (Å²) in [5.74, 6) is 0.0938. The first-order valence-electron chi connectivity index (χ1n) is 9.27. The molecule has 0 aliphatic carbocycles. The third kappa shape index (κ3) is 4.95. The summed E-state index contributed by atoms with van der Waals surface area (Å²) >= 11 is 0. The molecule has 0 unspecified atom stereocenters. The fourth-order valence-electron chi connectivity index (χ4n) is 3.52. The standard InChI is InChI=1S/C19H29N3O2/c23-19(16-21-10-6-2-1-3-7-11-21)20-17-8-4-5-9-18(17)22-12-14-24-15-13-22/h4-5,8-9H,1-3,6-7,10-16H2,(H,20,23). The number of carbonyl (C=O) groups excluding carboxylic acids is 1. The Morgan fingerprint density at radius 3 is 2.38 bits per heavy atom. The van der Waals surface area contributed by atoms with E-state index in [1.165, 1.54) is 32.1 Å². The van der Waals surface area contributed by atoms with Gasteiger partial charge in [-0.05, 0) is 38.1 Å². The monoisotopic (exact) mass is 331 g/mol. The molecule has 5 nitrogen and oxygen atoms in total. The molecule has 0 atom stereocenters. The summed E-state index contributed by atoms with van der Waals surface area (Å²) in [4.78, 5) is 17.1. The zero-order valence-electron chi connectivity index (χ0n) is 14.5. The van der Waals surface area contributed by atoms with E-state index in [0.717, 1.165) is 50.8 Å². The number of nitrogens with zero attached hydrogens (tertiary/aromatic N) is 2. The Hall–Kier alpha value is -1.59. The minimum absolute atomic E-state index is 0.0938. The molecule has 2 aliphatic rings. The van der Waals surface area contributed by atoms with E-state index < -0.39 is 0 Å². The molecule has 3 rings (SSSR count). The van der Waals surface area contributed by atoms with Crippen LogP contribution in [0.5, 0.6) is 0 Å². The maximum atomic E-state index is 12.5. The highest BCUT2D eigenvalue weighted by atomic mass is 16.5. The summed E-state index contributed by atoms with van der Waals surface area (Å²) < 4.78 is 5.43. The molecular formula is C19H29N3O2. The average Bonchev–Trinajstić information content (AvgIpc) is 2.58. The van der Waals surface area contributed by atoms with Crippen molar-refractivity contribution in [3.8, 4) is 0 Å². The molecule has 0 spiro atoms. The number of hydrogen-bond acceptors (Lipinski definition) is 4. The summed E-state index contributed by atoms with van der Waals surface area (Å²) in [5, 5.41) is 3.13. The van der Waals surface area contributed by atoms with Crippen LogP contribution < -0.4 is 10.2 Å². The van der Waals surface area contributed by atoms with Gasteiger partial charge in [0.1, 0.15) is 0 Å². The van der Waals surface area contributed by atoms with Gasteiger partial charge < -0.3 is 15.0 Å². The first-order chi connectivity index (χ1) is 11.8. The van der Waals surface area contributed by atoms with E-state index in [4.69, 9.17) is 4.74 Å². The van der Waals surface area contributed by atoms with Gasteiger partial charge in [0.25, 0.3) is 0 Å². The zero-order valence-corrected chi connectivity index (χ0v) is 14.5. The van der Waals surface area contributed by atoms with Crippen LogP contribution in [0, 0.1) is 0 Å².